The molecule has 4 heteroatoms. The molecule has 14 heavy (non-hydrogen) atoms. The van der Waals surface area contributed by atoms with Crippen LogP contribution in [0.2, 0.25) is 5.02 Å². The number of aryl methyl sites for hydroxylation is 1. The molecule has 0 saturated carbocycles. The third-order valence-electron chi connectivity index (χ3n) is 1.96. The maximum Gasteiger partial charge on any atom is 0.211 e. The van der Waals surface area contributed by atoms with E-state index >= 15 is 0 Å². The smallest absolute Gasteiger partial charge is 0.211 e. The maximum atomic E-state index is 11.7. The van der Waals surface area contributed by atoms with E-state index in [0.717, 1.165) is 4.47 Å². The first-order valence-corrected chi connectivity index (χ1v) is 5.15. The van der Waals surface area contributed by atoms with Crippen LogP contribution in [0.15, 0.2) is 31.9 Å². The van der Waals surface area contributed by atoms with Gasteiger partial charge in [0.1, 0.15) is 16.4 Å². The lowest BCUT2D eigenvalue weighted by Gasteiger charge is -2.00. The lowest BCUT2D eigenvalue weighted by Crippen LogP contribution is -2.03. The molecule has 0 aliphatic carbocycles. The Morgan fingerprint density at radius 1 is 1.43 bits per heavy atom. The van der Waals surface area contributed by atoms with E-state index in [9.17, 15) is 4.79 Å². The van der Waals surface area contributed by atoms with Crippen LogP contribution in [0.3, 0.4) is 0 Å². The summed E-state index contributed by atoms with van der Waals surface area (Å²) in [4.78, 5) is 11.7. The van der Waals surface area contributed by atoms with Gasteiger partial charge >= 0.3 is 0 Å². The van der Waals surface area contributed by atoms with E-state index in [1.807, 2.05) is 6.07 Å². The molecule has 0 aliphatic heterocycles. The minimum absolute atomic E-state index is 0.149. The molecule has 0 unspecified atom stereocenters. The molecule has 0 aliphatic rings. The second kappa shape index (κ2) is 3.41. The normalized spacial score (nSPS) is 10.8. The zero-order valence-electron chi connectivity index (χ0n) is 7.30. The van der Waals surface area contributed by atoms with Crippen molar-refractivity contribution in [2.75, 3.05) is 0 Å². The first-order chi connectivity index (χ1) is 6.59. The Morgan fingerprint density at radius 2 is 2.14 bits per heavy atom. The SMILES string of the molecule is Cc1oc2ccc(Br)cc2c(=O)c1Cl. The van der Waals surface area contributed by atoms with Crippen molar-refractivity contribution in [3.05, 3.63) is 43.7 Å². The van der Waals surface area contributed by atoms with Crippen molar-refractivity contribution in [1.82, 2.24) is 0 Å². The van der Waals surface area contributed by atoms with E-state index in [2.05, 4.69) is 15.9 Å². The van der Waals surface area contributed by atoms with Crippen LogP contribution < -0.4 is 5.43 Å². The second-order valence-corrected chi connectivity index (χ2v) is 4.24. The Hall–Kier alpha value is -0.800. The van der Waals surface area contributed by atoms with Crippen LogP contribution in [-0.4, -0.2) is 0 Å². The average Bonchev–Trinajstić information content (AvgIpc) is 2.16. The number of rotatable bonds is 0. The minimum atomic E-state index is -0.188. The van der Waals surface area contributed by atoms with Gasteiger partial charge in [-0.05, 0) is 25.1 Å². The van der Waals surface area contributed by atoms with Gasteiger partial charge in [-0.15, -0.1) is 0 Å². The average molecular weight is 274 g/mol. The first-order valence-electron chi connectivity index (χ1n) is 3.98. The number of hydrogen-bond acceptors (Lipinski definition) is 2. The van der Waals surface area contributed by atoms with E-state index < -0.39 is 0 Å². The van der Waals surface area contributed by atoms with Crippen LogP contribution in [0.25, 0.3) is 11.0 Å². The summed E-state index contributed by atoms with van der Waals surface area (Å²) in [5, 5.41) is 0.644. The van der Waals surface area contributed by atoms with Gasteiger partial charge in [0.15, 0.2) is 0 Å². The molecule has 2 aromatic rings. The van der Waals surface area contributed by atoms with Crippen molar-refractivity contribution in [1.29, 1.82) is 0 Å². The monoisotopic (exact) mass is 272 g/mol. The molecule has 0 saturated heterocycles. The fourth-order valence-corrected chi connectivity index (χ4v) is 1.76. The lowest BCUT2D eigenvalue weighted by molar-refractivity contribution is 0.565. The summed E-state index contributed by atoms with van der Waals surface area (Å²) in [6.45, 7) is 1.67. The zero-order valence-corrected chi connectivity index (χ0v) is 9.65. The molecule has 0 atom stereocenters. The number of halogens is 2. The summed E-state index contributed by atoms with van der Waals surface area (Å²) in [6.07, 6.45) is 0. The predicted octanol–water partition coefficient (Wildman–Crippen LogP) is 3.52. The molecule has 1 aromatic carbocycles. The van der Waals surface area contributed by atoms with Crippen LogP contribution in [0.5, 0.6) is 0 Å². The minimum Gasteiger partial charge on any atom is -0.460 e. The Balaban J connectivity index is 2.99. The van der Waals surface area contributed by atoms with E-state index in [1.165, 1.54) is 0 Å². The van der Waals surface area contributed by atoms with Crippen LogP contribution in [0, 0.1) is 6.92 Å². The van der Waals surface area contributed by atoms with E-state index in [4.69, 9.17) is 16.0 Å². The molecule has 0 spiro atoms. The van der Waals surface area contributed by atoms with Crippen LogP contribution >= 0.6 is 27.5 Å². The highest BCUT2D eigenvalue weighted by Crippen LogP contribution is 2.21. The molecule has 2 nitrogen and oxygen atoms in total. The van der Waals surface area contributed by atoms with Gasteiger partial charge in [-0.2, -0.15) is 0 Å². The zero-order chi connectivity index (χ0) is 10.3. The standard InChI is InChI=1S/C10H6BrClO2/c1-5-9(12)10(13)7-4-6(11)2-3-8(7)14-5/h2-4H,1H3. The molecule has 1 heterocycles. The van der Waals surface area contributed by atoms with Crippen LogP contribution in [0.4, 0.5) is 0 Å². The van der Waals surface area contributed by atoms with E-state index in [1.54, 1.807) is 19.1 Å². The van der Waals surface area contributed by atoms with Crippen molar-refractivity contribution in [2.24, 2.45) is 0 Å². The highest BCUT2D eigenvalue weighted by molar-refractivity contribution is 9.10. The van der Waals surface area contributed by atoms with E-state index in [0.29, 0.717) is 16.7 Å². The van der Waals surface area contributed by atoms with Crippen molar-refractivity contribution in [2.45, 2.75) is 6.92 Å². The molecule has 1 aromatic heterocycles. The summed E-state index contributed by atoms with van der Waals surface area (Å²) in [6, 6.07) is 5.26. The largest absolute Gasteiger partial charge is 0.460 e. The van der Waals surface area contributed by atoms with Crippen LogP contribution in [0.1, 0.15) is 5.76 Å². The quantitative estimate of drug-likeness (QED) is 0.735. The fraction of sp³-hybridized carbons (Fsp3) is 0.100. The predicted molar refractivity (Wildman–Crippen MR) is 59.9 cm³/mol. The number of fused-ring (bicyclic) bond motifs is 1. The van der Waals surface area contributed by atoms with Gasteiger partial charge in [-0.1, -0.05) is 27.5 Å². The number of benzene rings is 1. The van der Waals surface area contributed by atoms with Gasteiger partial charge in [0, 0.05) is 4.47 Å². The third kappa shape index (κ3) is 1.47. The molecular weight excluding hydrogens is 267 g/mol. The van der Waals surface area contributed by atoms with Gasteiger partial charge in [0.25, 0.3) is 0 Å². The van der Waals surface area contributed by atoms with Gasteiger partial charge in [0.05, 0.1) is 5.39 Å². The fourth-order valence-electron chi connectivity index (χ4n) is 1.26. The second-order valence-electron chi connectivity index (χ2n) is 2.94. The maximum absolute atomic E-state index is 11.7. The van der Waals surface area contributed by atoms with Gasteiger partial charge < -0.3 is 4.42 Å². The first kappa shape index (κ1) is 9.74. The summed E-state index contributed by atoms with van der Waals surface area (Å²) in [7, 11) is 0. The topological polar surface area (TPSA) is 30.2 Å². The summed E-state index contributed by atoms with van der Waals surface area (Å²) in [5.41, 5.74) is 0.367. The van der Waals surface area contributed by atoms with Crippen molar-refractivity contribution < 1.29 is 4.42 Å². The summed E-state index contributed by atoms with van der Waals surface area (Å²) < 4.78 is 6.21. The summed E-state index contributed by atoms with van der Waals surface area (Å²) >= 11 is 9.07. The Labute approximate surface area is 93.6 Å². The molecule has 0 bridgehead atoms. The van der Waals surface area contributed by atoms with Crippen molar-refractivity contribution in [3.8, 4) is 0 Å². The van der Waals surface area contributed by atoms with Gasteiger partial charge in [0.2, 0.25) is 5.43 Å². The van der Waals surface area contributed by atoms with Crippen molar-refractivity contribution >= 4 is 38.5 Å². The Kier molecular flexibility index (Phi) is 2.37. The highest BCUT2D eigenvalue weighted by Gasteiger charge is 2.08. The molecule has 0 fully saturated rings. The molecule has 0 radical (unpaired) electrons. The molecule has 0 amide bonds. The van der Waals surface area contributed by atoms with Gasteiger partial charge in [-0.3, -0.25) is 4.79 Å². The number of hydrogen-bond donors (Lipinski definition) is 0. The Bertz CT molecular complexity index is 560. The lowest BCUT2D eigenvalue weighted by atomic mass is 10.2. The third-order valence-corrected chi connectivity index (χ3v) is 2.89. The molecular formula is C10H6BrClO2. The summed E-state index contributed by atoms with van der Waals surface area (Å²) in [5.74, 6) is 0.450. The van der Waals surface area contributed by atoms with Gasteiger partial charge in [-0.25, -0.2) is 0 Å². The van der Waals surface area contributed by atoms with Crippen LogP contribution in [-0.2, 0) is 0 Å². The van der Waals surface area contributed by atoms with E-state index in [-0.39, 0.29) is 10.5 Å². The molecule has 0 N–H and O–H groups in total. The Morgan fingerprint density at radius 3 is 2.86 bits per heavy atom. The molecule has 72 valence electrons. The molecule has 2 rings (SSSR count). The van der Waals surface area contributed by atoms with Crippen molar-refractivity contribution in [3.63, 3.8) is 0 Å². The highest BCUT2D eigenvalue weighted by atomic mass is 79.9.